The molecule has 0 saturated carbocycles. The fraction of sp³-hybridized carbons (Fsp3) is 0.600. The molecule has 0 spiro atoms. The molecule has 1 atom stereocenters. The Kier molecular flexibility index (Phi) is 6.33. The zero-order chi connectivity index (χ0) is 14.5. The standard InChI is InChI=1S/C15H22Br2N2O/c1-11(18)8-12-9-13(16)15(14(17)10-12)20-7-6-19-4-2-3-5-19/h9-11H,2-8,18H2,1H3. The lowest BCUT2D eigenvalue weighted by Crippen LogP contribution is -2.25. The maximum absolute atomic E-state index is 5.92. The number of halogens is 2. The molecule has 5 heteroatoms. The van der Waals surface area contributed by atoms with Gasteiger partial charge in [0.05, 0.1) is 8.95 Å². The number of hydrogen-bond donors (Lipinski definition) is 1. The number of likely N-dealkylation sites (tertiary alicyclic amines) is 1. The zero-order valence-electron chi connectivity index (χ0n) is 11.9. The largest absolute Gasteiger partial charge is 0.490 e. The number of ether oxygens (including phenoxy) is 1. The highest BCUT2D eigenvalue weighted by Crippen LogP contribution is 2.35. The van der Waals surface area contributed by atoms with E-state index in [9.17, 15) is 0 Å². The van der Waals surface area contributed by atoms with Crippen LogP contribution < -0.4 is 10.5 Å². The monoisotopic (exact) mass is 404 g/mol. The topological polar surface area (TPSA) is 38.5 Å². The van der Waals surface area contributed by atoms with Crippen LogP contribution in [0.5, 0.6) is 5.75 Å². The summed E-state index contributed by atoms with van der Waals surface area (Å²) in [6.07, 6.45) is 3.50. The fourth-order valence-corrected chi connectivity index (χ4v) is 4.03. The minimum absolute atomic E-state index is 0.163. The average Bonchev–Trinajstić information content (AvgIpc) is 2.84. The molecule has 0 radical (unpaired) electrons. The van der Waals surface area contributed by atoms with Crippen LogP contribution in [0.3, 0.4) is 0 Å². The first-order valence-electron chi connectivity index (χ1n) is 7.15. The predicted molar refractivity (Wildman–Crippen MR) is 90.4 cm³/mol. The van der Waals surface area contributed by atoms with Gasteiger partial charge in [-0.15, -0.1) is 0 Å². The van der Waals surface area contributed by atoms with E-state index in [1.54, 1.807) is 0 Å². The highest BCUT2D eigenvalue weighted by molar-refractivity contribution is 9.11. The van der Waals surface area contributed by atoms with Crippen molar-refractivity contribution in [2.24, 2.45) is 5.73 Å². The van der Waals surface area contributed by atoms with E-state index < -0.39 is 0 Å². The number of nitrogens with zero attached hydrogens (tertiary/aromatic N) is 1. The summed E-state index contributed by atoms with van der Waals surface area (Å²) in [6.45, 7) is 6.16. The van der Waals surface area contributed by atoms with Crippen LogP contribution in [0.2, 0.25) is 0 Å². The number of hydrogen-bond acceptors (Lipinski definition) is 3. The molecule has 1 unspecified atom stereocenters. The van der Waals surface area contributed by atoms with Gasteiger partial charge < -0.3 is 10.5 Å². The van der Waals surface area contributed by atoms with Gasteiger partial charge in [-0.1, -0.05) is 0 Å². The van der Waals surface area contributed by atoms with Crippen LogP contribution in [0.25, 0.3) is 0 Å². The second-order valence-electron chi connectivity index (χ2n) is 5.47. The van der Waals surface area contributed by atoms with Crippen LogP contribution in [-0.2, 0) is 6.42 Å². The van der Waals surface area contributed by atoms with Crippen molar-refractivity contribution in [1.82, 2.24) is 4.90 Å². The molecule has 20 heavy (non-hydrogen) atoms. The maximum Gasteiger partial charge on any atom is 0.147 e. The van der Waals surface area contributed by atoms with Crippen molar-refractivity contribution in [3.8, 4) is 5.75 Å². The fourth-order valence-electron chi connectivity index (χ4n) is 2.52. The van der Waals surface area contributed by atoms with E-state index in [1.165, 1.54) is 31.5 Å². The van der Waals surface area contributed by atoms with E-state index in [4.69, 9.17) is 10.5 Å². The minimum atomic E-state index is 0.163. The second-order valence-corrected chi connectivity index (χ2v) is 7.18. The summed E-state index contributed by atoms with van der Waals surface area (Å²) in [5.74, 6) is 0.887. The van der Waals surface area contributed by atoms with E-state index in [-0.39, 0.29) is 6.04 Å². The Morgan fingerprint density at radius 2 is 1.85 bits per heavy atom. The first-order chi connectivity index (χ1) is 9.56. The van der Waals surface area contributed by atoms with Gasteiger partial charge in [-0.3, -0.25) is 4.90 Å². The van der Waals surface area contributed by atoms with E-state index in [0.29, 0.717) is 0 Å². The molecule has 2 rings (SSSR count). The van der Waals surface area contributed by atoms with Gasteiger partial charge in [0.15, 0.2) is 0 Å². The second kappa shape index (κ2) is 7.78. The Morgan fingerprint density at radius 1 is 1.25 bits per heavy atom. The molecule has 3 nitrogen and oxygen atoms in total. The zero-order valence-corrected chi connectivity index (χ0v) is 15.0. The lowest BCUT2D eigenvalue weighted by molar-refractivity contribution is 0.236. The van der Waals surface area contributed by atoms with Crippen LogP contribution >= 0.6 is 31.9 Å². The summed E-state index contributed by atoms with van der Waals surface area (Å²) in [5.41, 5.74) is 7.06. The molecule has 1 aromatic rings. The molecule has 0 bridgehead atoms. The smallest absolute Gasteiger partial charge is 0.147 e. The van der Waals surface area contributed by atoms with Crippen molar-refractivity contribution in [1.29, 1.82) is 0 Å². The van der Waals surface area contributed by atoms with E-state index >= 15 is 0 Å². The van der Waals surface area contributed by atoms with Gasteiger partial charge in [0, 0.05) is 12.6 Å². The van der Waals surface area contributed by atoms with Gasteiger partial charge in [-0.05, 0) is 88.8 Å². The number of benzene rings is 1. The third-order valence-corrected chi connectivity index (χ3v) is 4.65. The summed E-state index contributed by atoms with van der Waals surface area (Å²) >= 11 is 7.18. The van der Waals surface area contributed by atoms with Crippen molar-refractivity contribution in [2.75, 3.05) is 26.2 Å². The van der Waals surface area contributed by atoms with Crippen LogP contribution in [-0.4, -0.2) is 37.2 Å². The van der Waals surface area contributed by atoms with Crippen molar-refractivity contribution >= 4 is 31.9 Å². The summed E-state index contributed by atoms with van der Waals surface area (Å²) < 4.78 is 7.90. The van der Waals surface area contributed by atoms with Gasteiger partial charge in [-0.25, -0.2) is 0 Å². The van der Waals surface area contributed by atoms with E-state index in [1.807, 2.05) is 6.92 Å². The normalized spacial score (nSPS) is 17.4. The Morgan fingerprint density at radius 3 is 2.40 bits per heavy atom. The van der Waals surface area contributed by atoms with Gasteiger partial charge in [-0.2, -0.15) is 0 Å². The lowest BCUT2D eigenvalue weighted by Gasteiger charge is -2.17. The minimum Gasteiger partial charge on any atom is -0.490 e. The summed E-state index contributed by atoms with van der Waals surface area (Å²) in [5, 5.41) is 0. The van der Waals surface area contributed by atoms with Crippen LogP contribution in [0.1, 0.15) is 25.3 Å². The number of nitrogens with two attached hydrogens (primary N) is 1. The van der Waals surface area contributed by atoms with Crippen molar-refractivity contribution in [3.63, 3.8) is 0 Å². The van der Waals surface area contributed by atoms with Gasteiger partial charge in [0.25, 0.3) is 0 Å². The first kappa shape index (κ1) is 16.3. The molecular weight excluding hydrogens is 384 g/mol. The summed E-state index contributed by atoms with van der Waals surface area (Å²) in [4.78, 5) is 2.45. The van der Waals surface area contributed by atoms with Gasteiger partial charge in [0.1, 0.15) is 12.4 Å². The van der Waals surface area contributed by atoms with Crippen molar-refractivity contribution in [2.45, 2.75) is 32.2 Å². The van der Waals surface area contributed by atoms with Crippen molar-refractivity contribution < 1.29 is 4.74 Å². The molecule has 2 N–H and O–H groups in total. The maximum atomic E-state index is 5.92. The molecule has 0 amide bonds. The Labute approximate surface area is 138 Å². The lowest BCUT2D eigenvalue weighted by atomic mass is 10.1. The molecule has 1 heterocycles. The Balaban J connectivity index is 1.93. The molecule has 0 aromatic heterocycles. The predicted octanol–water partition coefficient (Wildman–Crippen LogP) is 3.58. The summed E-state index contributed by atoms with van der Waals surface area (Å²) in [7, 11) is 0. The van der Waals surface area contributed by atoms with Gasteiger partial charge >= 0.3 is 0 Å². The third-order valence-electron chi connectivity index (χ3n) is 3.47. The van der Waals surface area contributed by atoms with E-state index in [2.05, 4.69) is 48.9 Å². The quantitative estimate of drug-likeness (QED) is 0.785. The molecular formula is C15H22Br2N2O. The van der Waals surface area contributed by atoms with Crippen LogP contribution in [0.4, 0.5) is 0 Å². The molecule has 0 aliphatic carbocycles. The van der Waals surface area contributed by atoms with Crippen molar-refractivity contribution in [3.05, 3.63) is 26.6 Å². The molecule has 1 aromatic carbocycles. The first-order valence-corrected chi connectivity index (χ1v) is 8.73. The molecule has 1 aliphatic heterocycles. The summed E-state index contributed by atoms with van der Waals surface area (Å²) in [6, 6.07) is 4.36. The van der Waals surface area contributed by atoms with Crippen LogP contribution in [0.15, 0.2) is 21.1 Å². The average molecular weight is 406 g/mol. The SMILES string of the molecule is CC(N)Cc1cc(Br)c(OCCN2CCCC2)c(Br)c1. The van der Waals surface area contributed by atoms with E-state index in [0.717, 1.165) is 34.3 Å². The third kappa shape index (κ3) is 4.72. The van der Waals surface area contributed by atoms with Crippen LogP contribution in [0, 0.1) is 0 Å². The highest BCUT2D eigenvalue weighted by Gasteiger charge is 2.13. The molecule has 1 fully saturated rings. The van der Waals surface area contributed by atoms with Gasteiger partial charge in [0.2, 0.25) is 0 Å². The molecule has 1 aliphatic rings. The number of rotatable bonds is 6. The Hall–Kier alpha value is -0.100. The molecule has 112 valence electrons. The molecule has 1 saturated heterocycles. The Bertz CT molecular complexity index is 422. The highest BCUT2D eigenvalue weighted by atomic mass is 79.9.